The summed E-state index contributed by atoms with van der Waals surface area (Å²) < 4.78 is 104. The molecule has 0 aliphatic heterocycles. The summed E-state index contributed by atoms with van der Waals surface area (Å²) in [6, 6.07) is 0. The molecular formula is C26H38F6O8. The summed E-state index contributed by atoms with van der Waals surface area (Å²) in [6.45, 7) is 6.56. The van der Waals surface area contributed by atoms with Gasteiger partial charge in [-0.1, -0.05) is 46.6 Å². The summed E-state index contributed by atoms with van der Waals surface area (Å²) in [6.07, 6.45) is -6.42. The third-order valence-electron chi connectivity index (χ3n) is 5.47. The molecule has 0 aromatic heterocycles. The van der Waals surface area contributed by atoms with Crippen molar-refractivity contribution in [2.24, 2.45) is 0 Å². The van der Waals surface area contributed by atoms with Crippen LogP contribution in [0.25, 0.3) is 0 Å². The van der Waals surface area contributed by atoms with Gasteiger partial charge < -0.3 is 18.9 Å². The van der Waals surface area contributed by atoms with Crippen LogP contribution in [-0.4, -0.2) is 67.1 Å². The molecule has 8 nitrogen and oxygen atoms in total. The van der Waals surface area contributed by atoms with Crippen LogP contribution in [0.4, 0.5) is 26.3 Å². The minimum atomic E-state index is -4.09. The standard InChI is InChI=1S/C26H38F6O8/c1-6-9-12-24(27,28)21(34)37-15-18(39-20(33)17(4)5)19(40-23(36)26(31,32)14-11-8-3)16-38-22(35)25(29,30)13-10-7-2/h18-19H,4,6-16H2,1-3,5H3. The third kappa shape index (κ3) is 13.0. The number of hydrogen-bond acceptors (Lipinski definition) is 8. The van der Waals surface area contributed by atoms with E-state index in [9.17, 15) is 45.5 Å². The second-order valence-corrected chi connectivity index (χ2v) is 9.29. The lowest BCUT2D eigenvalue weighted by Crippen LogP contribution is -2.47. The summed E-state index contributed by atoms with van der Waals surface area (Å²) in [5.41, 5.74) is -0.286. The maximum Gasteiger partial charge on any atom is 0.377 e. The minimum Gasteiger partial charge on any atom is -0.457 e. The third-order valence-corrected chi connectivity index (χ3v) is 5.47. The second-order valence-electron chi connectivity index (χ2n) is 9.29. The van der Waals surface area contributed by atoms with Gasteiger partial charge in [-0.3, -0.25) is 0 Å². The van der Waals surface area contributed by atoms with Crippen LogP contribution in [0.15, 0.2) is 12.2 Å². The van der Waals surface area contributed by atoms with Gasteiger partial charge in [0.2, 0.25) is 0 Å². The van der Waals surface area contributed by atoms with Crippen LogP contribution in [0.5, 0.6) is 0 Å². The molecule has 0 fully saturated rings. The van der Waals surface area contributed by atoms with Gasteiger partial charge in [0, 0.05) is 24.8 Å². The fourth-order valence-electron chi connectivity index (χ4n) is 2.93. The van der Waals surface area contributed by atoms with Crippen molar-refractivity contribution in [3.05, 3.63) is 12.2 Å². The van der Waals surface area contributed by atoms with Gasteiger partial charge in [-0.15, -0.1) is 0 Å². The highest BCUT2D eigenvalue weighted by Crippen LogP contribution is 2.27. The van der Waals surface area contributed by atoms with E-state index in [0.29, 0.717) is 12.8 Å². The first kappa shape index (κ1) is 37.2. The zero-order valence-corrected chi connectivity index (χ0v) is 23.2. The Morgan fingerprint density at radius 3 is 1.27 bits per heavy atom. The molecule has 0 N–H and O–H groups in total. The van der Waals surface area contributed by atoms with Gasteiger partial charge in [0.25, 0.3) is 0 Å². The lowest BCUT2D eigenvalue weighted by molar-refractivity contribution is -0.203. The molecule has 0 bridgehead atoms. The van der Waals surface area contributed by atoms with Gasteiger partial charge in [-0.25, -0.2) is 19.2 Å². The maximum absolute atomic E-state index is 14.3. The molecule has 2 atom stereocenters. The Balaban J connectivity index is 6.12. The quantitative estimate of drug-likeness (QED) is 0.0740. The Kier molecular flexibility index (Phi) is 15.9. The average molecular weight is 593 g/mol. The van der Waals surface area contributed by atoms with E-state index >= 15 is 0 Å². The zero-order valence-electron chi connectivity index (χ0n) is 23.2. The highest BCUT2D eigenvalue weighted by atomic mass is 19.3. The van der Waals surface area contributed by atoms with Crippen LogP contribution in [-0.2, 0) is 38.1 Å². The number of carbonyl (C=O) groups is 4. The van der Waals surface area contributed by atoms with E-state index in [1.807, 2.05) is 0 Å². The smallest absolute Gasteiger partial charge is 0.377 e. The number of carbonyl (C=O) groups excluding carboxylic acids is 4. The van der Waals surface area contributed by atoms with Crippen molar-refractivity contribution in [2.75, 3.05) is 13.2 Å². The Morgan fingerprint density at radius 1 is 0.625 bits per heavy atom. The van der Waals surface area contributed by atoms with Gasteiger partial charge in [0.15, 0.2) is 12.2 Å². The first-order chi connectivity index (χ1) is 18.4. The Hall–Kier alpha value is -2.80. The molecular weight excluding hydrogens is 554 g/mol. The van der Waals surface area contributed by atoms with E-state index < -0.39 is 86.3 Å². The average Bonchev–Trinajstić information content (AvgIpc) is 2.88. The lowest BCUT2D eigenvalue weighted by atomic mass is 10.1. The van der Waals surface area contributed by atoms with Gasteiger partial charge in [0.1, 0.15) is 13.2 Å². The molecule has 40 heavy (non-hydrogen) atoms. The fraction of sp³-hybridized carbons (Fsp3) is 0.769. The number of hydrogen-bond donors (Lipinski definition) is 0. The number of ether oxygens (including phenoxy) is 4. The molecule has 232 valence electrons. The van der Waals surface area contributed by atoms with Gasteiger partial charge in [-0.2, -0.15) is 26.3 Å². The van der Waals surface area contributed by atoms with Crippen molar-refractivity contribution in [3.8, 4) is 0 Å². The van der Waals surface area contributed by atoms with Crippen molar-refractivity contribution >= 4 is 23.9 Å². The molecule has 0 saturated heterocycles. The van der Waals surface area contributed by atoms with E-state index in [-0.39, 0.29) is 31.3 Å². The van der Waals surface area contributed by atoms with Crippen LogP contribution >= 0.6 is 0 Å². The van der Waals surface area contributed by atoms with E-state index in [0.717, 1.165) is 6.92 Å². The van der Waals surface area contributed by atoms with Gasteiger partial charge in [0.05, 0.1) is 0 Å². The van der Waals surface area contributed by atoms with Crippen LogP contribution in [0.3, 0.4) is 0 Å². The molecule has 0 aromatic carbocycles. The van der Waals surface area contributed by atoms with E-state index in [1.165, 1.54) is 0 Å². The Labute approximate surface area is 229 Å². The van der Waals surface area contributed by atoms with Crippen molar-refractivity contribution in [3.63, 3.8) is 0 Å². The van der Waals surface area contributed by atoms with E-state index in [1.54, 1.807) is 20.8 Å². The SMILES string of the molecule is C=C(C)C(=O)OC(COC(=O)C(F)(F)CCCC)C(COC(=O)C(F)(F)CCCC)OC(=O)C(F)(F)CCCC. The van der Waals surface area contributed by atoms with Crippen LogP contribution in [0.1, 0.15) is 85.5 Å². The first-order valence-corrected chi connectivity index (χ1v) is 13.0. The summed E-state index contributed by atoms with van der Waals surface area (Å²) in [7, 11) is 0. The predicted molar refractivity (Wildman–Crippen MR) is 130 cm³/mol. The Bertz CT molecular complexity index is 862. The maximum atomic E-state index is 14.3. The number of alkyl halides is 6. The number of esters is 4. The van der Waals surface area contributed by atoms with E-state index in [2.05, 4.69) is 20.8 Å². The van der Waals surface area contributed by atoms with Crippen molar-refractivity contribution < 1.29 is 64.5 Å². The summed E-state index contributed by atoms with van der Waals surface area (Å²) in [4.78, 5) is 48.4. The van der Waals surface area contributed by atoms with Crippen LogP contribution < -0.4 is 0 Å². The molecule has 0 aliphatic rings. The number of rotatable bonds is 20. The van der Waals surface area contributed by atoms with Gasteiger partial charge in [-0.05, 0) is 26.2 Å². The molecule has 0 spiro atoms. The van der Waals surface area contributed by atoms with Crippen LogP contribution in [0, 0.1) is 0 Å². The van der Waals surface area contributed by atoms with E-state index in [4.69, 9.17) is 4.74 Å². The molecule has 0 rings (SSSR count). The lowest BCUT2D eigenvalue weighted by Gasteiger charge is -2.29. The van der Waals surface area contributed by atoms with Crippen molar-refractivity contribution in [1.82, 2.24) is 0 Å². The van der Waals surface area contributed by atoms with Crippen LogP contribution in [0.2, 0.25) is 0 Å². The molecule has 0 aliphatic carbocycles. The molecule has 2 unspecified atom stereocenters. The second kappa shape index (κ2) is 17.1. The highest BCUT2D eigenvalue weighted by Gasteiger charge is 2.46. The zero-order chi connectivity index (χ0) is 31.1. The molecule has 0 saturated carbocycles. The summed E-state index contributed by atoms with van der Waals surface area (Å²) in [5, 5.41) is 0. The van der Waals surface area contributed by atoms with Gasteiger partial charge >= 0.3 is 41.6 Å². The number of unbranched alkanes of at least 4 members (excludes halogenated alkanes) is 3. The fourth-order valence-corrected chi connectivity index (χ4v) is 2.93. The topological polar surface area (TPSA) is 105 Å². The monoisotopic (exact) mass is 592 g/mol. The molecule has 0 aromatic rings. The molecule has 0 heterocycles. The predicted octanol–water partition coefficient (Wildman–Crippen LogP) is 5.95. The van der Waals surface area contributed by atoms with Crippen molar-refractivity contribution in [1.29, 1.82) is 0 Å². The normalized spacial score (nSPS) is 13.7. The summed E-state index contributed by atoms with van der Waals surface area (Å²) in [5.74, 6) is -19.6. The first-order valence-electron chi connectivity index (χ1n) is 13.0. The molecule has 0 radical (unpaired) electrons. The molecule has 14 heteroatoms. The molecule has 0 amide bonds. The number of halogens is 6. The van der Waals surface area contributed by atoms with Crippen molar-refractivity contribution in [2.45, 2.75) is 115 Å². The highest BCUT2D eigenvalue weighted by molar-refractivity contribution is 5.87. The minimum absolute atomic E-state index is 0.0502. The Morgan fingerprint density at radius 2 is 0.950 bits per heavy atom. The largest absolute Gasteiger partial charge is 0.457 e. The summed E-state index contributed by atoms with van der Waals surface area (Å²) >= 11 is 0.